The highest BCUT2D eigenvalue weighted by molar-refractivity contribution is 7.93. The number of aromatic nitrogens is 3. The van der Waals surface area contributed by atoms with Crippen molar-refractivity contribution >= 4 is 21.4 Å². The van der Waals surface area contributed by atoms with Crippen molar-refractivity contribution in [1.29, 1.82) is 0 Å². The second-order valence-electron chi connectivity index (χ2n) is 8.03. The van der Waals surface area contributed by atoms with Crippen LogP contribution in [0.5, 0.6) is 0 Å². The number of amides is 1. The molecule has 174 valence electrons. The molecular formula is C22H25N5O5S. The molecule has 1 saturated heterocycles. The summed E-state index contributed by atoms with van der Waals surface area (Å²) in [5, 5.41) is 17.5. The van der Waals surface area contributed by atoms with Gasteiger partial charge in [-0.25, -0.2) is 18.6 Å². The van der Waals surface area contributed by atoms with Crippen LogP contribution in [-0.4, -0.2) is 66.6 Å². The molecule has 0 bridgehead atoms. The van der Waals surface area contributed by atoms with E-state index in [0.29, 0.717) is 11.4 Å². The van der Waals surface area contributed by atoms with Crippen molar-refractivity contribution in [2.24, 2.45) is 0 Å². The Morgan fingerprint density at radius 3 is 2.30 bits per heavy atom. The standard InChI is InChI=1S/C22H25N5O5S/c1-26(2)17-5-3-16(4-6-17)20-15-27(25-23-20)18-7-9-19(10-8-18)33(30,31)22(21(28)24-29)11-13-32-14-12-22/h3-10,15,29H,11-14H2,1-2H3,(H,24,28). The van der Waals surface area contributed by atoms with E-state index < -0.39 is 20.5 Å². The number of hydrogen-bond acceptors (Lipinski definition) is 8. The van der Waals surface area contributed by atoms with Gasteiger partial charge in [-0.2, -0.15) is 0 Å². The van der Waals surface area contributed by atoms with E-state index in [4.69, 9.17) is 9.94 Å². The predicted octanol–water partition coefficient (Wildman–Crippen LogP) is 1.83. The van der Waals surface area contributed by atoms with Crippen LogP contribution >= 0.6 is 0 Å². The van der Waals surface area contributed by atoms with Crippen LogP contribution in [0.15, 0.2) is 59.6 Å². The maximum Gasteiger partial charge on any atom is 0.265 e. The SMILES string of the molecule is CN(C)c1ccc(-c2cn(-c3ccc(S(=O)(=O)C4(C(=O)NO)CCOCC4)cc3)nn2)cc1. The molecule has 0 atom stereocenters. The van der Waals surface area contributed by atoms with E-state index in [2.05, 4.69) is 10.3 Å². The molecule has 2 aromatic carbocycles. The van der Waals surface area contributed by atoms with Crippen LogP contribution in [0.2, 0.25) is 0 Å². The number of nitrogens with zero attached hydrogens (tertiary/aromatic N) is 4. The molecule has 0 unspecified atom stereocenters. The molecule has 0 saturated carbocycles. The van der Waals surface area contributed by atoms with E-state index in [-0.39, 0.29) is 31.0 Å². The lowest BCUT2D eigenvalue weighted by Crippen LogP contribution is -2.54. The van der Waals surface area contributed by atoms with Crippen molar-refractivity contribution in [2.45, 2.75) is 22.5 Å². The topological polar surface area (TPSA) is 127 Å². The quantitative estimate of drug-likeness (QED) is 0.412. The Morgan fingerprint density at radius 2 is 1.73 bits per heavy atom. The molecular weight excluding hydrogens is 446 g/mol. The molecule has 1 amide bonds. The van der Waals surface area contributed by atoms with Crippen LogP contribution in [0.3, 0.4) is 0 Å². The van der Waals surface area contributed by atoms with Crippen LogP contribution in [0.1, 0.15) is 12.8 Å². The van der Waals surface area contributed by atoms with E-state index in [1.54, 1.807) is 23.0 Å². The van der Waals surface area contributed by atoms with Gasteiger partial charge in [0.2, 0.25) is 0 Å². The van der Waals surface area contributed by atoms with Crippen LogP contribution in [0.4, 0.5) is 5.69 Å². The summed E-state index contributed by atoms with van der Waals surface area (Å²) in [6, 6.07) is 14.0. The highest BCUT2D eigenvalue weighted by Crippen LogP contribution is 2.35. The van der Waals surface area contributed by atoms with Crippen molar-refractivity contribution in [3.63, 3.8) is 0 Å². The Bertz CT molecular complexity index is 1230. The molecule has 0 spiro atoms. The first-order chi connectivity index (χ1) is 15.8. The van der Waals surface area contributed by atoms with Crippen LogP contribution in [0.25, 0.3) is 16.9 Å². The fourth-order valence-corrected chi connectivity index (χ4v) is 5.82. The zero-order chi connectivity index (χ0) is 23.6. The Morgan fingerprint density at radius 1 is 1.09 bits per heavy atom. The minimum atomic E-state index is -4.08. The smallest absolute Gasteiger partial charge is 0.265 e. The number of nitrogens with one attached hydrogen (secondary N) is 1. The molecule has 1 fully saturated rings. The van der Waals surface area contributed by atoms with Gasteiger partial charge in [0.25, 0.3) is 5.91 Å². The monoisotopic (exact) mass is 471 g/mol. The van der Waals surface area contributed by atoms with E-state index >= 15 is 0 Å². The third kappa shape index (κ3) is 4.10. The van der Waals surface area contributed by atoms with E-state index in [1.807, 2.05) is 43.3 Å². The number of benzene rings is 2. The lowest BCUT2D eigenvalue weighted by molar-refractivity contribution is -0.134. The van der Waals surface area contributed by atoms with Gasteiger partial charge >= 0.3 is 0 Å². The van der Waals surface area contributed by atoms with Crippen LogP contribution < -0.4 is 10.4 Å². The normalized spacial score (nSPS) is 15.7. The van der Waals surface area contributed by atoms with E-state index in [9.17, 15) is 13.2 Å². The van der Waals surface area contributed by atoms with Gasteiger partial charge < -0.3 is 9.64 Å². The third-order valence-corrected chi connectivity index (χ3v) is 8.43. The van der Waals surface area contributed by atoms with Gasteiger partial charge in [0.05, 0.1) is 16.8 Å². The molecule has 2 heterocycles. The zero-order valence-corrected chi connectivity index (χ0v) is 19.1. The molecule has 1 aromatic heterocycles. The highest BCUT2D eigenvalue weighted by atomic mass is 32.2. The number of sulfone groups is 1. The Labute approximate surface area is 191 Å². The summed E-state index contributed by atoms with van der Waals surface area (Å²) in [5.74, 6) is -0.948. The molecule has 0 aliphatic carbocycles. The van der Waals surface area contributed by atoms with E-state index in [0.717, 1.165) is 11.3 Å². The summed E-state index contributed by atoms with van der Waals surface area (Å²) < 4.78 is 31.7. The number of carbonyl (C=O) groups is 1. The Hall–Kier alpha value is -3.28. The lowest BCUT2D eigenvalue weighted by atomic mass is 9.98. The average molecular weight is 472 g/mol. The second kappa shape index (κ2) is 8.93. The van der Waals surface area contributed by atoms with Crippen molar-refractivity contribution < 1.29 is 23.2 Å². The molecule has 10 nitrogen and oxygen atoms in total. The first kappa shape index (κ1) is 22.9. The lowest BCUT2D eigenvalue weighted by Gasteiger charge is -2.34. The number of ether oxygens (including phenoxy) is 1. The molecule has 2 N–H and O–H groups in total. The average Bonchev–Trinajstić information content (AvgIpc) is 3.34. The van der Waals surface area contributed by atoms with Gasteiger partial charge in [-0.15, -0.1) is 5.10 Å². The Balaban J connectivity index is 1.60. The first-order valence-corrected chi connectivity index (χ1v) is 11.8. The molecule has 33 heavy (non-hydrogen) atoms. The van der Waals surface area contributed by atoms with Crippen molar-refractivity contribution in [3.05, 3.63) is 54.7 Å². The number of rotatable bonds is 6. The van der Waals surface area contributed by atoms with Gasteiger partial charge in [0, 0.05) is 38.6 Å². The minimum Gasteiger partial charge on any atom is -0.381 e. The summed E-state index contributed by atoms with van der Waals surface area (Å²) in [7, 11) is -0.149. The maximum atomic E-state index is 13.4. The fourth-order valence-electron chi connectivity index (χ4n) is 3.88. The Kier molecular flexibility index (Phi) is 6.19. The number of anilines is 1. The van der Waals surface area contributed by atoms with Gasteiger partial charge in [-0.05, 0) is 49.2 Å². The van der Waals surface area contributed by atoms with Crippen molar-refractivity contribution in [2.75, 3.05) is 32.2 Å². The minimum absolute atomic E-state index is 0.0173. The fraction of sp³-hybridized carbons (Fsp3) is 0.318. The van der Waals surface area contributed by atoms with Crippen LogP contribution in [0, 0.1) is 0 Å². The number of hydrogen-bond donors (Lipinski definition) is 2. The second-order valence-corrected chi connectivity index (χ2v) is 10.3. The number of hydroxylamine groups is 1. The molecule has 4 rings (SSSR count). The van der Waals surface area contributed by atoms with Crippen LogP contribution in [-0.2, 0) is 19.4 Å². The van der Waals surface area contributed by atoms with Crippen molar-refractivity contribution in [3.8, 4) is 16.9 Å². The molecule has 1 aliphatic heterocycles. The first-order valence-electron chi connectivity index (χ1n) is 10.4. The molecule has 11 heteroatoms. The number of carbonyl (C=O) groups excluding carboxylic acids is 1. The maximum absolute atomic E-state index is 13.4. The van der Waals surface area contributed by atoms with Crippen molar-refractivity contribution in [1.82, 2.24) is 20.5 Å². The zero-order valence-electron chi connectivity index (χ0n) is 18.3. The summed E-state index contributed by atoms with van der Waals surface area (Å²) in [6.45, 7) is 0.226. The predicted molar refractivity (Wildman–Crippen MR) is 121 cm³/mol. The van der Waals surface area contributed by atoms with Gasteiger partial charge in [0.1, 0.15) is 5.69 Å². The van der Waals surface area contributed by atoms with E-state index in [1.165, 1.54) is 17.6 Å². The summed E-state index contributed by atoms with van der Waals surface area (Å²) in [4.78, 5) is 14.4. The third-order valence-electron chi connectivity index (χ3n) is 5.91. The molecule has 0 radical (unpaired) electrons. The molecule has 3 aromatic rings. The summed E-state index contributed by atoms with van der Waals surface area (Å²) in [5.41, 5.74) is 4.79. The molecule has 1 aliphatic rings. The highest BCUT2D eigenvalue weighted by Gasteiger charge is 2.52. The summed E-state index contributed by atoms with van der Waals surface area (Å²) >= 11 is 0. The van der Waals surface area contributed by atoms with Gasteiger partial charge in [0.15, 0.2) is 14.6 Å². The van der Waals surface area contributed by atoms with Gasteiger partial charge in [-0.1, -0.05) is 17.3 Å². The summed E-state index contributed by atoms with van der Waals surface area (Å²) in [6.07, 6.45) is 1.68. The largest absolute Gasteiger partial charge is 0.381 e. The van der Waals surface area contributed by atoms with Gasteiger partial charge in [-0.3, -0.25) is 10.0 Å².